The summed E-state index contributed by atoms with van der Waals surface area (Å²) in [6.45, 7) is 1.05. The molecule has 2 aromatic carbocycles. The number of nitrogens with zero attached hydrogens (tertiary/aromatic N) is 2. The van der Waals surface area contributed by atoms with Crippen molar-refractivity contribution in [2.24, 2.45) is 5.73 Å². The summed E-state index contributed by atoms with van der Waals surface area (Å²) >= 11 is 0. The molecule has 0 saturated carbocycles. The summed E-state index contributed by atoms with van der Waals surface area (Å²) in [5, 5.41) is -0.253. The highest BCUT2D eigenvalue weighted by atomic mass is 19.4. The molecular formula is C25H28F5N3O4. The molecule has 0 radical (unpaired) electrons. The minimum atomic E-state index is -5.03. The largest absolute Gasteiger partial charge is 0.573 e. The molecule has 3 aromatic rings. The maximum absolute atomic E-state index is 14.8. The highest BCUT2D eigenvalue weighted by Gasteiger charge is 2.35. The molecule has 0 atom stereocenters. The van der Waals surface area contributed by atoms with Gasteiger partial charge in [-0.1, -0.05) is 12.1 Å². The van der Waals surface area contributed by atoms with Crippen molar-refractivity contribution in [1.29, 1.82) is 0 Å². The molecule has 1 aromatic heterocycles. The second-order valence-corrected chi connectivity index (χ2v) is 8.67. The lowest BCUT2D eigenvalue weighted by Crippen LogP contribution is -2.38. The zero-order valence-corrected chi connectivity index (χ0v) is 20.1. The number of carbonyl (C=O) groups is 1. The average molecular weight is 530 g/mol. The Bertz CT molecular complexity index is 1250. The summed E-state index contributed by atoms with van der Waals surface area (Å²) < 4.78 is 79.0. The van der Waals surface area contributed by atoms with Gasteiger partial charge >= 0.3 is 6.36 Å². The predicted octanol–water partition coefficient (Wildman–Crippen LogP) is 4.12. The molecule has 202 valence electrons. The van der Waals surface area contributed by atoms with Gasteiger partial charge in [0.1, 0.15) is 17.4 Å². The number of ether oxygens (including phenoxy) is 2. The number of aromatic nitrogens is 1. The predicted molar refractivity (Wildman–Crippen MR) is 126 cm³/mol. The van der Waals surface area contributed by atoms with E-state index in [1.165, 1.54) is 28.8 Å². The first-order valence-corrected chi connectivity index (χ1v) is 11.5. The van der Waals surface area contributed by atoms with Gasteiger partial charge in [0.05, 0.1) is 23.1 Å². The molecule has 12 heteroatoms. The Morgan fingerprint density at radius 2 is 1.78 bits per heavy atom. The Kier molecular flexibility index (Phi) is 8.77. The molecule has 1 aliphatic heterocycles. The fourth-order valence-electron chi connectivity index (χ4n) is 4.71. The number of carbonyl (C=O) groups excluding carboxylic acids is 1. The molecule has 0 bridgehead atoms. The lowest BCUT2D eigenvalue weighted by Gasteiger charge is -2.32. The molecule has 4 N–H and O–H groups in total. The number of hydrogen-bond donors (Lipinski definition) is 1. The minimum Gasteiger partial charge on any atom is -0.412 e. The van der Waals surface area contributed by atoms with Crippen LogP contribution in [0.1, 0.15) is 40.2 Å². The second-order valence-electron chi connectivity index (χ2n) is 8.67. The number of fused-ring (bicyclic) bond motifs is 1. The number of benzene rings is 2. The van der Waals surface area contributed by atoms with Gasteiger partial charge in [0.25, 0.3) is 5.91 Å². The summed E-state index contributed by atoms with van der Waals surface area (Å²) in [6.07, 6.45) is -2.78. The monoisotopic (exact) mass is 529 g/mol. The van der Waals surface area contributed by atoms with Crippen molar-refractivity contribution in [3.8, 4) is 5.75 Å². The van der Waals surface area contributed by atoms with Crippen LogP contribution in [0.25, 0.3) is 10.9 Å². The molecule has 1 amide bonds. The standard InChI is InChI=1S/C25H26F5N3O3.H2O/c1-35-11-10-33-14-18(22-21(36-25(28,29)30)5-4-20(27)23(22)33)24(34)32-8-6-16(7-9-32)17-12-15(13-31)2-3-19(17)26;/h2-5,12,14,16H,6-11,13,31H2,1H3;1H2. The number of likely N-dealkylation sites (tertiary alicyclic amines) is 1. The Labute approximate surface area is 209 Å². The van der Waals surface area contributed by atoms with E-state index in [1.54, 1.807) is 12.1 Å². The van der Waals surface area contributed by atoms with Crippen LogP contribution in [0.15, 0.2) is 36.5 Å². The smallest absolute Gasteiger partial charge is 0.412 e. The van der Waals surface area contributed by atoms with Gasteiger partial charge in [-0.2, -0.15) is 0 Å². The van der Waals surface area contributed by atoms with E-state index in [0.717, 1.165) is 17.7 Å². The van der Waals surface area contributed by atoms with E-state index >= 15 is 0 Å². The van der Waals surface area contributed by atoms with E-state index < -0.39 is 23.8 Å². The highest BCUT2D eigenvalue weighted by molar-refractivity contribution is 6.09. The van der Waals surface area contributed by atoms with Gasteiger partial charge in [0.2, 0.25) is 0 Å². The number of rotatable bonds is 7. The van der Waals surface area contributed by atoms with Crippen molar-refractivity contribution in [1.82, 2.24) is 9.47 Å². The van der Waals surface area contributed by atoms with Crippen LogP contribution in [0.2, 0.25) is 0 Å². The van der Waals surface area contributed by atoms with E-state index in [9.17, 15) is 26.7 Å². The molecule has 37 heavy (non-hydrogen) atoms. The number of methoxy groups -OCH3 is 1. The molecule has 1 saturated heterocycles. The lowest BCUT2D eigenvalue weighted by atomic mass is 9.88. The Morgan fingerprint density at radius 1 is 1.11 bits per heavy atom. The fraction of sp³-hybridized carbons (Fsp3) is 0.400. The summed E-state index contributed by atoms with van der Waals surface area (Å²) in [5.41, 5.74) is 6.73. The zero-order chi connectivity index (χ0) is 26.0. The van der Waals surface area contributed by atoms with Crippen LogP contribution >= 0.6 is 0 Å². The topological polar surface area (TPSA) is 101 Å². The molecule has 1 fully saturated rings. The van der Waals surface area contributed by atoms with Crippen molar-refractivity contribution >= 4 is 16.8 Å². The van der Waals surface area contributed by atoms with Gasteiger partial charge in [-0.05, 0) is 48.1 Å². The van der Waals surface area contributed by atoms with Gasteiger partial charge in [0.15, 0.2) is 0 Å². The van der Waals surface area contributed by atoms with Crippen molar-refractivity contribution in [2.45, 2.75) is 38.2 Å². The maximum Gasteiger partial charge on any atom is 0.573 e. The number of hydrogen-bond acceptors (Lipinski definition) is 4. The first-order chi connectivity index (χ1) is 17.1. The molecule has 0 spiro atoms. The number of halogens is 5. The van der Waals surface area contributed by atoms with Gasteiger partial charge in [0, 0.05) is 39.5 Å². The summed E-state index contributed by atoms with van der Waals surface area (Å²) in [5.74, 6) is -2.48. The number of amides is 1. The third-order valence-corrected chi connectivity index (χ3v) is 6.44. The van der Waals surface area contributed by atoms with Crippen LogP contribution in [0, 0.1) is 11.6 Å². The van der Waals surface area contributed by atoms with Crippen LogP contribution in [-0.4, -0.2) is 54.0 Å². The lowest BCUT2D eigenvalue weighted by molar-refractivity contribution is -0.274. The fourth-order valence-corrected chi connectivity index (χ4v) is 4.71. The van der Waals surface area contributed by atoms with Crippen LogP contribution in [0.5, 0.6) is 5.75 Å². The molecule has 2 heterocycles. The Hall–Kier alpha value is -3.22. The number of alkyl halides is 3. The van der Waals surface area contributed by atoms with Crippen molar-refractivity contribution in [2.75, 3.05) is 26.8 Å². The molecule has 7 nitrogen and oxygen atoms in total. The van der Waals surface area contributed by atoms with Crippen molar-refractivity contribution < 1.29 is 41.7 Å². The van der Waals surface area contributed by atoms with E-state index in [-0.39, 0.29) is 66.5 Å². The van der Waals surface area contributed by atoms with Gasteiger partial charge in [-0.25, -0.2) is 8.78 Å². The van der Waals surface area contributed by atoms with Crippen LogP contribution in [0.3, 0.4) is 0 Å². The van der Waals surface area contributed by atoms with Crippen LogP contribution in [0.4, 0.5) is 22.0 Å². The average Bonchev–Trinajstić information content (AvgIpc) is 3.24. The van der Waals surface area contributed by atoms with Crippen LogP contribution < -0.4 is 10.5 Å². The van der Waals surface area contributed by atoms with E-state index in [1.807, 2.05) is 0 Å². The number of nitrogens with two attached hydrogens (primary N) is 1. The maximum atomic E-state index is 14.8. The number of piperidine rings is 1. The van der Waals surface area contributed by atoms with E-state index in [4.69, 9.17) is 10.5 Å². The van der Waals surface area contributed by atoms with E-state index in [0.29, 0.717) is 18.4 Å². The Balaban J connectivity index is 0.00000380. The highest BCUT2D eigenvalue weighted by Crippen LogP contribution is 2.37. The zero-order valence-electron chi connectivity index (χ0n) is 20.1. The van der Waals surface area contributed by atoms with Gasteiger partial charge in [-0.15, -0.1) is 13.2 Å². The normalized spacial score (nSPS) is 14.6. The first-order valence-electron chi connectivity index (χ1n) is 11.5. The quantitative estimate of drug-likeness (QED) is 0.466. The third kappa shape index (κ3) is 6.03. The third-order valence-electron chi connectivity index (χ3n) is 6.44. The van der Waals surface area contributed by atoms with Crippen molar-refractivity contribution in [3.63, 3.8) is 0 Å². The molecule has 0 aliphatic carbocycles. The summed E-state index contributed by atoms with van der Waals surface area (Å²) in [6, 6.07) is 6.46. The molecule has 0 unspecified atom stereocenters. The van der Waals surface area contributed by atoms with Crippen molar-refractivity contribution in [3.05, 3.63) is 64.9 Å². The molecule has 1 aliphatic rings. The van der Waals surface area contributed by atoms with Gasteiger partial charge in [-0.3, -0.25) is 4.79 Å². The first kappa shape index (κ1) is 28.4. The van der Waals surface area contributed by atoms with Gasteiger partial charge < -0.3 is 30.2 Å². The van der Waals surface area contributed by atoms with Crippen LogP contribution in [-0.2, 0) is 17.8 Å². The molecular weight excluding hydrogens is 501 g/mol. The SMILES string of the molecule is COCCn1cc(C(=O)N2CCC(c3cc(CN)ccc3F)CC2)c2c(OC(F)(F)F)ccc(F)c21.O. The minimum absolute atomic E-state index is 0. The molecule has 4 rings (SSSR count). The van der Waals surface area contributed by atoms with E-state index in [2.05, 4.69) is 4.74 Å². The summed E-state index contributed by atoms with van der Waals surface area (Å²) in [4.78, 5) is 15.0. The summed E-state index contributed by atoms with van der Waals surface area (Å²) in [7, 11) is 1.43. The Morgan fingerprint density at radius 3 is 2.41 bits per heavy atom. The second kappa shape index (κ2) is 11.4.